The van der Waals surface area contributed by atoms with E-state index < -0.39 is 0 Å². The van der Waals surface area contributed by atoms with E-state index in [1.807, 2.05) is 23.1 Å². The van der Waals surface area contributed by atoms with Crippen molar-refractivity contribution in [2.24, 2.45) is 0 Å². The zero-order valence-electron chi connectivity index (χ0n) is 10.7. The van der Waals surface area contributed by atoms with Gasteiger partial charge in [0.15, 0.2) is 0 Å². The second kappa shape index (κ2) is 6.15. The number of rotatable bonds is 2. The lowest BCUT2D eigenvalue weighted by Gasteiger charge is -2.24. The Morgan fingerprint density at radius 3 is 3.00 bits per heavy atom. The van der Waals surface area contributed by atoms with Crippen LogP contribution in [0, 0.1) is 3.57 Å². The zero-order valence-corrected chi connectivity index (χ0v) is 15.2. The molecule has 0 aliphatic carbocycles. The number of thiophene rings is 1. The van der Waals surface area contributed by atoms with Gasteiger partial charge < -0.3 is 4.90 Å². The highest BCUT2D eigenvalue weighted by atomic mass is 127. The van der Waals surface area contributed by atoms with Crippen LogP contribution in [0.5, 0.6) is 0 Å². The summed E-state index contributed by atoms with van der Waals surface area (Å²) in [5.74, 6) is 0.145. The van der Waals surface area contributed by atoms with Gasteiger partial charge in [0.25, 0.3) is 5.91 Å². The molecule has 1 aromatic heterocycles. The predicted octanol–water partition coefficient (Wildman–Crippen LogP) is 5.09. The van der Waals surface area contributed by atoms with E-state index in [4.69, 9.17) is 0 Å². The van der Waals surface area contributed by atoms with E-state index in [1.165, 1.54) is 4.88 Å². The Balaban J connectivity index is 1.91. The molecular weight excluding hydrogens is 449 g/mol. The first kappa shape index (κ1) is 14.5. The van der Waals surface area contributed by atoms with Gasteiger partial charge in [-0.1, -0.05) is 22.0 Å². The minimum atomic E-state index is 0.145. The number of hydrogen-bond acceptors (Lipinski definition) is 2. The van der Waals surface area contributed by atoms with Crippen molar-refractivity contribution in [3.8, 4) is 0 Å². The third-order valence-electron chi connectivity index (χ3n) is 3.54. The number of nitrogens with zero attached hydrogens (tertiary/aromatic N) is 1. The van der Waals surface area contributed by atoms with Gasteiger partial charge in [0.05, 0.1) is 11.6 Å². The van der Waals surface area contributed by atoms with E-state index in [9.17, 15) is 4.79 Å². The molecule has 1 fully saturated rings. The second-order valence-electron chi connectivity index (χ2n) is 4.80. The highest BCUT2D eigenvalue weighted by Gasteiger charge is 2.31. The summed E-state index contributed by atoms with van der Waals surface area (Å²) < 4.78 is 1.96. The summed E-state index contributed by atoms with van der Waals surface area (Å²) in [6.45, 7) is 0.851. The fourth-order valence-corrected chi connectivity index (χ4v) is 4.40. The standard InChI is InChI=1S/C15H13BrINOS/c16-10-5-6-12(17)11(9-10)15(19)18-7-1-3-13(18)14-4-2-8-20-14/h2,4-6,8-9,13H,1,3,7H2. The number of likely N-dealkylation sites (tertiary alicyclic amines) is 1. The van der Waals surface area contributed by atoms with Gasteiger partial charge in [-0.15, -0.1) is 11.3 Å². The van der Waals surface area contributed by atoms with Crippen molar-refractivity contribution in [1.82, 2.24) is 4.90 Å². The van der Waals surface area contributed by atoms with Crippen molar-refractivity contribution in [3.05, 3.63) is 54.2 Å². The van der Waals surface area contributed by atoms with E-state index in [2.05, 4.69) is 56.0 Å². The topological polar surface area (TPSA) is 20.3 Å². The lowest BCUT2D eigenvalue weighted by molar-refractivity contribution is 0.0736. The van der Waals surface area contributed by atoms with Gasteiger partial charge in [0, 0.05) is 19.5 Å². The van der Waals surface area contributed by atoms with Crippen LogP contribution < -0.4 is 0 Å². The Hall–Kier alpha value is -0.400. The third-order valence-corrected chi connectivity index (χ3v) is 5.95. The maximum atomic E-state index is 12.8. The molecule has 0 spiro atoms. The van der Waals surface area contributed by atoms with Crippen LogP contribution in [0.3, 0.4) is 0 Å². The number of hydrogen-bond donors (Lipinski definition) is 0. The average molecular weight is 462 g/mol. The molecule has 1 unspecified atom stereocenters. The molecule has 0 saturated carbocycles. The van der Waals surface area contributed by atoms with Crippen LogP contribution in [0.1, 0.15) is 34.1 Å². The van der Waals surface area contributed by atoms with Crippen molar-refractivity contribution in [1.29, 1.82) is 0 Å². The third kappa shape index (κ3) is 2.80. The molecule has 2 heterocycles. The van der Waals surface area contributed by atoms with Gasteiger partial charge in [-0.2, -0.15) is 0 Å². The van der Waals surface area contributed by atoms with Gasteiger partial charge in [0.1, 0.15) is 0 Å². The summed E-state index contributed by atoms with van der Waals surface area (Å²) in [6, 6.07) is 10.3. The highest BCUT2D eigenvalue weighted by molar-refractivity contribution is 14.1. The molecule has 3 rings (SSSR count). The van der Waals surface area contributed by atoms with Crippen molar-refractivity contribution in [2.75, 3.05) is 6.54 Å². The Labute approximate surface area is 144 Å². The number of carbonyl (C=O) groups excluding carboxylic acids is 1. The van der Waals surface area contributed by atoms with Gasteiger partial charge in [-0.3, -0.25) is 4.79 Å². The van der Waals surface area contributed by atoms with E-state index in [-0.39, 0.29) is 11.9 Å². The molecule has 1 saturated heterocycles. The summed E-state index contributed by atoms with van der Waals surface area (Å²) in [5.41, 5.74) is 0.795. The molecular formula is C15H13BrINOS. The molecule has 1 aliphatic rings. The maximum absolute atomic E-state index is 12.8. The number of benzene rings is 1. The van der Waals surface area contributed by atoms with Crippen LogP contribution in [0.4, 0.5) is 0 Å². The normalized spacial score (nSPS) is 18.5. The lowest BCUT2D eigenvalue weighted by atomic mass is 10.1. The Morgan fingerprint density at radius 1 is 1.40 bits per heavy atom. The Bertz CT molecular complexity index is 629. The summed E-state index contributed by atoms with van der Waals surface area (Å²) in [5, 5.41) is 2.08. The minimum Gasteiger partial charge on any atom is -0.331 e. The van der Waals surface area contributed by atoms with Crippen molar-refractivity contribution >= 4 is 55.8 Å². The van der Waals surface area contributed by atoms with E-state index in [0.29, 0.717) is 0 Å². The first-order valence-corrected chi connectivity index (χ1v) is 9.21. The maximum Gasteiger partial charge on any atom is 0.255 e. The molecule has 1 atom stereocenters. The van der Waals surface area contributed by atoms with Crippen LogP contribution in [0.25, 0.3) is 0 Å². The Kier molecular flexibility index (Phi) is 4.47. The van der Waals surface area contributed by atoms with Gasteiger partial charge in [-0.05, 0) is 65.1 Å². The van der Waals surface area contributed by atoms with Crippen molar-refractivity contribution in [3.63, 3.8) is 0 Å². The van der Waals surface area contributed by atoms with Crippen LogP contribution in [0.2, 0.25) is 0 Å². The molecule has 0 N–H and O–H groups in total. The van der Waals surface area contributed by atoms with Gasteiger partial charge in [-0.25, -0.2) is 0 Å². The smallest absolute Gasteiger partial charge is 0.255 e. The largest absolute Gasteiger partial charge is 0.331 e. The molecule has 1 aliphatic heterocycles. The fourth-order valence-electron chi connectivity index (χ4n) is 2.60. The van der Waals surface area contributed by atoms with E-state index >= 15 is 0 Å². The van der Waals surface area contributed by atoms with E-state index in [0.717, 1.165) is 33.0 Å². The van der Waals surface area contributed by atoms with Crippen LogP contribution in [-0.2, 0) is 0 Å². The summed E-state index contributed by atoms with van der Waals surface area (Å²) in [7, 11) is 0. The van der Waals surface area contributed by atoms with Crippen LogP contribution >= 0.6 is 49.9 Å². The molecule has 1 amide bonds. The first-order chi connectivity index (χ1) is 9.66. The summed E-state index contributed by atoms with van der Waals surface area (Å²) >= 11 is 7.43. The zero-order chi connectivity index (χ0) is 14.1. The molecule has 2 nitrogen and oxygen atoms in total. The number of carbonyl (C=O) groups is 1. The predicted molar refractivity (Wildman–Crippen MR) is 94.2 cm³/mol. The van der Waals surface area contributed by atoms with E-state index in [1.54, 1.807) is 11.3 Å². The summed E-state index contributed by atoms with van der Waals surface area (Å²) in [4.78, 5) is 16.1. The number of amides is 1. The quantitative estimate of drug-likeness (QED) is 0.570. The van der Waals surface area contributed by atoms with Gasteiger partial charge in [0.2, 0.25) is 0 Å². The summed E-state index contributed by atoms with van der Waals surface area (Å²) in [6.07, 6.45) is 2.15. The van der Waals surface area contributed by atoms with Crippen LogP contribution in [-0.4, -0.2) is 17.4 Å². The molecule has 104 valence electrons. The minimum absolute atomic E-state index is 0.145. The van der Waals surface area contributed by atoms with Crippen molar-refractivity contribution < 1.29 is 4.79 Å². The molecule has 20 heavy (non-hydrogen) atoms. The first-order valence-electron chi connectivity index (χ1n) is 6.46. The molecule has 0 radical (unpaired) electrons. The second-order valence-corrected chi connectivity index (χ2v) is 7.85. The molecule has 1 aromatic carbocycles. The molecule has 2 aromatic rings. The van der Waals surface area contributed by atoms with Gasteiger partial charge >= 0.3 is 0 Å². The Morgan fingerprint density at radius 2 is 2.25 bits per heavy atom. The van der Waals surface area contributed by atoms with Crippen LogP contribution in [0.15, 0.2) is 40.2 Å². The average Bonchev–Trinajstić information content (AvgIpc) is 3.10. The molecule has 0 bridgehead atoms. The fraction of sp³-hybridized carbons (Fsp3) is 0.267. The van der Waals surface area contributed by atoms with Crippen molar-refractivity contribution in [2.45, 2.75) is 18.9 Å². The monoisotopic (exact) mass is 461 g/mol. The lowest BCUT2D eigenvalue weighted by Crippen LogP contribution is -2.30. The number of halogens is 2. The SMILES string of the molecule is O=C(c1cc(Br)ccc1I)N1CCCC1c1cccs1. The highest BCUT2D eigenvalue weighted by Crippen LogP contribution is 2.36. The molecule has 5 heteroatoms.